The normalized spacial score (nSPS) is 10.9. The van der Waals surface area contributed by atoms with Crippen LogP contribution in [0.5, 0.6) is 0 Å². The van der Waals surface area contributed by atoms with Crippen molar-refractivity contribution in [2.24, 2.45) is 0 Å². The molecule has 0 radical (unpaired) electrons. The minimum atomic E-state index is -0.730. The van der Waals surface area contributed by atoms with Gasteiger partial charge in [0.15, 0.2) is 5.82 Å². The summed E-state index contributed by atoms with van der Waals surface area (Å²) in [7, 11) is 0. The molecule has 2 aromatic carbocycles. The highest BCUT2D eigenvalue weighted by atomic mass is 35.5. The molecule has 0 aliphatic heterocycles. The summed E-state index contributed by atoms with van der Waals surface area (Å²) in [4.78, 5) is 7.86. The van der Waals surface area contributed by atoms with Crippen LogP contribution < -0.4 is 5.32 Å². The van der Waals surface area contributed by atoms with Crippen LogP contribution in [0.1, 0.15) is 5.56 Å². The van der Waals surface area contributed by atoms with Crippen LogP contribution in [0.15, 0.2) is 36.7 Å². The molecule has 3 rings (SSSR count). The summed E-state index contributed by atoms with van der Waals surface area (Å²) in [6.45, 7) is 0.352. The second-order valence-corrected chi connectivity index (χ2v) is 5.51. The number of hydrogen-bond donors (Lipinski definition) is 1. The fourth-order valence-corrected chi connectivity index (χ4v) is 2.70. The predicted octanol–water partition coefficient (Wildman–Crippen LogP) is 4.83. The van der Waals surface area contributed by atoms with Gasteiger partial charge in [-0.25, -0.2) is 18.7 Å². The van der Waals surface area contributed by atoms with Gasteiger partial charge >= 0.3 is 0 Å². The van der Waals surface area contributed by atoms with E-state index in [-0.39, 0.29) is 10.9 Å². The Hall–Kier alpha value is -1.98. The van der Waals surface area contributed by atoms with Crippen molar-refractivity contribution in [1.29, 1.82) is 0 Å². The van der Waals surface area contributed by atoms with Crippen molar-refractivity contribution in [2.45, 2.75) is 6.54 Å². The van der Waals surface area contributed by atoms with Crippen molar-refractivity contribution in [2.75, 3.05) is 5.32 Å². The van der Waals surface area contributed by atoms with Crippen molar-refractivity contribution >= 4 is 39.9 Å². The number of hydrogen-bond acceptors (Lipinski definition) is 3. The van der Waals surface area contributed by atoms with Crippen LogP contribution in [0.3, 0.4) is 0 Å². The highest BCUT2D eigenvalue weighted by Crippen LogP contribution is 2.24. The highest BCUT2D eigenvalue weighted by molar-refractivity contribution is 6.34. The van der Waals surface area contributed by atoms with E-state index in [0.717, 1.165) is 11.6 Å². The zero-order valence-corrected chi connectivity index (χ0v) is 12.6. The second kappa shape index (κ2) is 6.02. The molecular weight excluding hydrogens is 331 g/mol. The molecule has 0 aliphatic rings. The molecule has 1 N–H and O–H groups in total. The van der Waals surface area contributed by atoms with E-state index < -0.39 is 11.6 Å². The van der Waals surface area contributed by atoms with Gasteiger partial charge in [0.2, 0.25) is 0 Å². The Morgan fingerprint density at radius 1 is 0.955 bits per heavy atom. The van der Waals surface area contributed by atoms with E-state index >= 15 is 0 Å². The van der Waals surface area contributed by atoms with E-state index in [4.69, 9.17) is 23.2 Å². The molecule has 112 valence electrons. The maximum atomic E-state index is 13.7. The molecule has 0 bridgehead atoms. The van der Waals surface area contributed by atoms with Crippen molar-refractivity contribution < 1.29 is 8.78 Å². The van der Waals surface area contributed by atoms with Gasteiger partial charge in [-0.1, -0.05) is 23.2 Å². The summed E-state index contributed by atoms with van der Waals surface area (Å²) in [6, 6.07) is 7.08. The fourth-order valence-electron chi connectivity index (χ4n) is 2.13. The van der Waals surface area contributed by atoms with Gasteiger partial charge in [0.1, 0.15) is 23.5 Å². The SMILES string of the molecule is Fc1cc(F)c2ncnc(NCc3cc(Cl)cc(Cl)c3)c2c1. The average Bonchev–Trinajstić information content (AvgIpc) is 2.44. The zero-order valence-electron chi connectivity index (χ0n) is 11.1. The van der Waals surface area contributed by atoms with Crippen LogP contribution in [0.2, 0.25) is 10.0 Å². The van der Waals surface area contributed by atoms with Gasteiger partial charge in [-0.2, -0.15) is 0 Å². The Kier molecular flexibility index (Phi) is 4.09. The lowest BCUT2D eigenvalue weighted by Crippen LogP contribution is -2.03. The standard InChI is InChI=1S/C15H9Cl2F2N3/c16-9-1-8(2-10(17)3-9)6-20-15-12-4-11(18)5-13(19)14(12)21-7-22-15/h1-5,7H,6H2,(H,20,21,22). The van der Waals surface area contributed by atoms with Crippen molar-refractivity contribution in [1.82, 2.24) is 9.97 Å². The molecule has 0 atom stereocenters. The molecule has 22 heavy (non-hydrogen) atoms. The van der Waals surface area contributed by atoms with Crippen molar-refractivity contribution in [3.05, 3.63) is 63.9 Å². The monoisotopic (exact) mass is 339 g/mol. The largest absolute Gasteiger partial charge is 0.365 e. The van der Waals surface area contributed by atoms with Gasteiger partial charge in [0.25, 0.3) is 0 Å². The number of nitrogens with one attached hydrogen (secondary N) is 1. The maximum absolute atomic E-state index is 13.7. The number of fused-ring (bicyclic) bond motifs is 1. The van der Waals surface area contributed by atoms with Crippen LogP contribution in [0, 0.1) is 11.6 Å². The van der Waals surface area contributed by atoms with Gasteiger partial charge in [0, 0.05) is 28.0 Å². The molecule has 0 saturated carbocycles. The van der Waals surface area contributed by atoms with E-state index in [9.17, 15) is 8.78 Å². The van der Waals surface area contributed by atoms with Crippen LogP contribution >= 0.6 is 23.2 Å². The Morgan fingerprint density at radius 2 is 1.68 bits per heavy atom. The highest BCUT2D eigenvalue weighted by Gasteiger charge is 2.10. The van der Waals surface area contributed by atoms with Crippen LogP contribution in [-0.4, -0.2) is 9.97 Å². The number of nitrogens with zero attached hydrogens (tertiary/aromatic N) is 2. The van der Waals surface area contributed by atoms with Crippen molar-refractivity contribution in [3.8, 4) is 0 Å². The van der Waals surface area contributed by atoms with Gasteiger partial charge in [-0.05, 0) is 29.8 Å². The third kappa shape index (κ3) is 3.10. The number of rotatable bonds is 3. The lowest BCUT2D eigenvalue weighted by atomic mass is 10.2. The first-order valence-electron chi connectivity index (χ1n) is 6.31. The quantitative estimate of drug-likeness (QED) is 0.742. The number of halogens is 4. The first-order chi connectivity index (χ1) is 10.5. The fraction of sp³-hybridized carbons (Fsp3) is 0.0667. The molecule has 0 amide bonds. The lowest BCUT2D eigenvalue weighted by molar-refractivity contribution is 0.590. The molecule has 1 aromatic heterocycles. The molecule has 3 nitrogen and oxygen atoms in total. The summed E-state index contributed by atoms with van der Waals surface area (Å²) >= 11 is 11.9. The van der Waals surface area contributed by atoms with E-state index in [1.54, 1.807) is 18.2 Å². The maximum Gasteiger partial charge on any atom is 0.152 e. The number of benzene rings is 2. The van der Waals surface area contributed by atoms with Crippen molar-refractivity contribution in [3.63, 3.8) is 0 Å². The predicted molar refractivity (Wildman–Crippen MR) is 83.2 cm³/mol. The summed E-state index contributed by atoms with van der Waals surface area (Å²) in [6.07, 6.45) is 1.22. The molecule has 0 aliphatic carbocycles. The smallest absolute Gasteiger partial charge is 0.152 e. The number of anilines is 1. The van der Waals surface area contributed by atoms with Crippen LogP contribution in [0.25, 0.3) is 10.9 Å². The van der Waals surface area contributed by atoms with E-state index in [1.807, 2.05) is 0 Å². The third-order valence-corrected chi connectivity index (χ3v) is 3.48. The van der Waals surface area contributed by atoms with Gasteiger partial charge < -0.3 is 5.32 Å². The van der Waals surface area contributed by atoms with E-state index in [0.29, 0.717) is 22.4 Å². The summed E-state index contributed by atoms with van der Waals surface area (Å²) in [5.74, 6) is -1.08. The minimum absolute atomic E-state index is 0.0584. The Balaban J connectivity index is 1.94. The minimum Gasteiger partial charge on any atom is -0.365 e. The Bertz CT molecular complexity index is 835. The van der Waals surface area contributed by atoms with Crippen LogP contribution in [0.4, 0.5) is 14.6 Å². The molecular formula is C15H9Cl2F2N3. The first kappa shape index (κ1) is 14.9. The zero-order chi connectivity index (χ0) is 15.7. The first-order valence-corrected chi connectivity index (χ1v) is 7.07. The van der Waals surface area contributed by atoms with Gasteiger partial charge in [-0.15, -0.1) is 0 Å². The molecule has 0 unspecified atom stereocenters. The lowest BCUT2D eigenvalue weighted by Gasteiger charge is -2.09. The second-order valence-electron chi connectivity index (χ2n) is 4.64. The topological polar surface area (TPSA) is 37.8 Å². The Morgan fingerprint density at radius 3 is 2.41 bits per heavy atom. The molecule has 7 heteroatoms. The van der Waals surface area contributed by atoms with Gasteiger partial charge in [-0.3, -0.25) is 0 Å². The van der Waals surface area contributed by atoms with E-state index in [1.165, 1.54) is 12.4 Å². The van der Waals surface area contributed by atoms with Crippen LogP contribution in [-0.2, 0) is 6.54 Å². The Labute approximate surface area is 134 Å². The molecule has 0 fully saturated rings. The molecule has 3 aromatic rings. The summed E-state index contributed by atoms with van der Waals surface area (Å²) in [5.41, 5.74) is 0.879. The molecule has 0 saturated heterocycles. The average molecular weight is 340 g/mol. The van der Waals surface area contributed by atoms with Gasteiger partial charge in [0.05, 0.1) is 0 Å². The van der Waals surface area contributed by atoms with E-state index in [2.05, 4.69) is 15.3 Å². The summed E-state index contributed by atoms with van der Waals surface area (Å²) < 4.78 is 27.1. The molecule has 1 heterocycles. The third-order valence-electron chi connectivity index (χ3n) is 3.04. The number of aromatic nitrogens is 2. The molecule has 0 spiro atoms. The summed E-state index contributed by atoms with van der Waals surface area (Å²) in [5, 5.41) is 4.30.